The van der Waals surface area contributed by atoms with Crippen molar-refractivity contribution >= 4 is 32.6 Å². The van der Waals surface area contributed by atoms with Gasteiger partial charge >= 0.3 is 0 Å². The van der Waals surface area contributed by atoms with E-state index in [1.165, 1.54) is 23.1 Å². The highest BCUT2D eigenvalue weighted by atomic mass is 32.1. The van der Waals surface area contributed by atoms with Crippen molar-refractivity contribution in [1.29, 1.82) is 0 Å². The van der Waals surface area contributed by atoms with Crippen LogP contribution in [0.2, 0.25) is 0 Å². The second kappa shape index (κ2) is 4.47. The first-order valence-corrected chi connectivity index (χ1v) is 6.61. The Morgan fingerprint density at radius 3 is 3.00 bits per heavy atom. The number of anilines is 1. The summed E-state index contributed by atoms with van der Waals surface area (Å²) in [6, 6.07) is 6.03. The molecule has 19 heavy (non-hydrogen) atoms. The smallest absolute Gasteiger partial charge is 0.260 e. The lowest BCUT2D eigenvalue weighted by Gasteiger charge is -1.96. The Balaban J connectivity index is 1.87. The highest BCUT2D eigenvalue weighted by molar-refractivity contribution is 7.22. The first-order valence-electron chi connectivity index (χ1n) is 5.79. The zero-order valence-electron chi connectivity index (χ0n) is 10.5. The summed E-state index contributed by atoms with van der Waals surface area (Å²) < 4.78 is 2.66. The predicted molar refractivity (Wildman–Crippen MR) is 75.5 cm³/mol. The van der Waals surface area contributed by atoms with Crippen LogP contribution in [0, 0.1) is 6.92 Å². The van der Waals surface area contributed by atoms with Crippen molar-refractivity contribution in [3.8, 4) is 0 Å². The largest absolute Gasteiger partial charge is 0.298 e. The number of nitrogens with zero attached hydrogens (tertiary/aromatic N) is 3. The van der Waals surface area contributed by atoms with Crippen LogP contribution in [0.15, 0.2) is 30.6 Å². The van der Waals surface area contributed by atoms with Crippen molar-refractivity contribution in [2.75, 3.05) is 5.32 Å². The maximum Gasteiger partial charge on any atom is 0.260 e. The second-order valence-electron chi connectivity index (χ2n) is 4.35. The van der Waals surface area contributed by atoms with Crippen LogP contribution in [0.1, 0.15) is 15.9 Å². The van der Waals surface area contributed by atoms with Gasteiger partial charge in [0.05, 0.1) is 22.0 Å². The fourth-order valence-electron chi connectivity index (χ4n) is 1.79. The third-order valence-electron chi connectivity index (χ3n) is 2.73. The molecule has 6 heteroatoms. The van der Waals surface area contributed by atoms with Crippen molar-refractivity contribution in [2.24, 2.45) is 7.05 Å². The molecule has 3 aromatic rings. The molecule has 1 amide bonds. The standard InChI is InChI=1S/C13H12N4OS/c1-8-3-4-10-11(5-8)19-13(15-10)16-12(18)9-6-14-17(2)7-9/h3-7H,1-2H3,(H,15,16,18). The predicted octanol–water partition coefficient (Wildman–Crippen LogP) is 2.59. The summed E-state index contributed by atoms with van der Waals surface area (Å²) >= 11 is 1.47. The lowest BCUT2D eigenvalue weighted by Crippen LogP contribution is -2.10. The van der Waals surface area contributed by atoms with E-state index in [4.69, 9.17) is 0 Å². The number of aryl methyl sites for hydroxylation is 2. The molecule has 96 valence electrons. The lowest BCUT2D eigenvalue weighted by molar-refractivity contribution is 0.102. The van der Waals surface area contributed by atoms with Gasteiger partial charge in [0.2, 0.25) is 0 Å². The lowest BCUT2D eigenvalue weighted by atomic mass is 10.2. The average molecular weight is 272 g/mol. The molecular formula is C13H12N4OS. The van der Waals surface area contributed by atoms with Gasteiger partial charge in [-0.2, -0.15) is 5.10 Å². The molecule has 0 aliphatic heterocycles. The molecule has 2 aromatic heterocycles. The van der Waals surface area contributed by atoms with Gasteiger partial charge in [0.25, 0.3) is 5.91 Å². The maximum atomic E-state index is 12.0. The van der Waals surface area contributed by atoms with E-state index in [0.717, 1.165) is 10.2 Å². The van der Waals surface area contributed by atoms with Crippen LogP contribution in [0.25, 0.3) is 10.2 Å². The van der Waals surface area contributed by atoms with Crippen molar-refractivity contribution in [1.82, 2.24) is 14.8 Å². The van der Waals surface area contributed by atoms with Gasteiger partial charge in [0, 0.05) is 13.2 Å². The normalized spacial score (nSPS) is 10.8. The van der Waals surface area contributed by atoms with Gasteiger partial charge in [-0.25, -0.2) is 4.98 Å². The zero-order chi connectivity index (χ0) is 13.4. The number of carbonyl (C=O) groups is 1. The minimum atomic E-state index is -0.191. The summed E-state index contributed by atoms with van der Waals surface area (Å²) in [5.41, 5.74) is 2.61. The summed E-state index contributed by atoms with van der Waals surface area (Å²) in [5.74, 6) is -0.191. The van der Waals surface area contributed by atoms with Crippen molar-refractivity contribution in [2.45, 2.75) is 6.92 Å². The quantitative estimate of drug-likeness (QED) is 0.780. The SMILES string of the molecule is Cc1ccc2nc(NC(=O)c3cnn(C)c3)sc2c1. The highest BCUT2D eigenvalue weighted by Crippen LogP contribution is 2.26. The van der Waals surface area contributed by atoms with Crippen LogP contribution in [-0.2, 0) is 7.05 Å². The van der Waals surface area contributed by atoms with E-state index in [9.17, 15) is 4.79 Å². The van der Waals surface area contributed by atoms with Crippen molar-refractivity contribution in [3.05, 3.63) is 41.7 Å². The number of aromatic nitrogens is 3. The number of rotatable bonds is 2. The molecule has 1 N–H and O–H groups in total. The minimum absolute atomic E-state index is 0.191. The van der Waals surface area contributed by atoms with E-state index in [0.29, 0.717) is 10.7 Å². The maximum absolute atomic E-state index is 12.0. The van der Waals surface area contributed by atoms with Crippen molar-refractivity contribution < 1.29 is 4.79 Å². The van der Waals surface area contributed by atoms with Crippen LogP contribution < -0.4 is 5.32 Å². The molecule has 0 saturated carbocycles. The molecule has 0 saturated heterocycles. The number of fused-ring (bicyclic) bond motifs is 1. The number of thiazole rings is 1. The molecule has 0 spiro atoms. The van der Waals surface area contributed by atoms with Gasteiger partial charge in [0.15, 0.2) is 5.13 Å². The van der Waals surface area contributed by atoms with E-state index in [1.54, 1.807) is 17.9 Å². The first kappa shape index (κ1) is 11.9. The summed E-state index contributed by atoms with van der Waals surface area (Å²) in [5, 5.41) is 7.37. The number of nitrogens with one attached hydrogen (secondary N) is 1. The molecular weight excluding hydrogens is 260 g/mol. The second-order valence-corrected chi connectivity index (χ2v) is 5.38. The third kappa shape index (κ3) is 2.34. The molecule has 1 aromatic carbocycles. The summed E-state index contributed by atoms with van der Waals surface area (Å²) in [7, 11) is 1.78. The number of hydrogen-bond donors (Lipinski definition) is 1. The summed E-state index contributed by atoms with van der Waals surface area (Å²) in [6.45, 7) is 2.03. The van der Waals surface area contributed by atoms with Crippen LogP contribution in [0.5, 0.6) is 0 Å². The van der Waals surface area contributed by atoms with E-state index in [1.807, 2.05) is 19.1 Å². The van der Waals surface area contributed by atoms with Gasteiger partial charge in [-0.15, -0.1) is 0 Å². The van der Waals surface area contributed by atoms with E-state index in [2.05, 4.69) is 21.5 Å². The van der Waals surface area contributed by atoms with Gasteiger partial charge < -0.3 is 0 Å². The zero-order valence-corrected chi connectivity index (χ0v) is 11.4. The van der Waals surface area contributed by atoms with E-state index < -0.39 is 0 Å². The Labute approximate surface area is 113 Å². The Bertz CT molecular complexity index is 759. The van der Waals surface area contributed by atoms with Crippen LogP contribution in [-0.4, -0.2) is 20.7 Å². The Morgan fingerprint density at radius 1 is 1.42 bits per heavy atom. The summed E-state index contributed by atoms with van der Waals surface area (Å²) in [6.07, 6.45) is 3.21. The molecule has 2 heterocycles. The Morgan fingerprint density at radius 2 is 2.26 bits per heavy atom. The van der Waals surface area contributed by atoms with Gasteiger partial charge in [-0.3, -0.25) is 14.8 Å². The van der Waals surface area contributed by atoms with Crippen LogP contribution >= 0.6 is 11.3 Å². The number of benzene rings is 1. The Kier molecular flexibility index (Phi) is 2.79. The van der Waals surface area contributed by atoms with Crippen LogP contribution in [0.4, 0.5) is 5.13 Å². The van der Waals surface area contributed by atoms with Gasteiger partial charge in [0.1, 0.15) is 0 Å². The molecule has 0 unspecified atom stereocenters. The van der Waals surface area contributed by atoms with E-state index >= 15 is 0 Å². The topological polar surface area (TPSA) is 59.8 Å². The average Bonchev–Trinajstić information content (AvgIpc) is 2.94. The molecule has 0 aliphatic rings. The third-order valence-corrected chi connectivity index (χ3v) is 3.67. The molecule has 5 nitrogen and oxygen atoms in total. The fraction of sp³-hybridized carbons (Fsp3) is 0.154. The van der Waals surface area contributed by atoms with Crippen molar-refractivity contribution in [3.63, 3.8) is 0 Å². The molecule has 0 aliphatic carbocycles. The fourth-order valence-corrected chi connectivity index (χ4v) is 2.75. The molecule has 0 fully saturated rings. The van der Waals surface area contributed by atoms with Crippen LogP contribution in [0.3, 0.4) is 0 Å². The number of amides is 1. The molecule has 0 bridgehead atoms. The first-order chi connectivity index (χ1) is 9.11. The number of hydrogen-bond acceptors (Lipinski definition) is 4. The Hall–Kier alpha value is -2.21. The molecule has 0 atom stereocenters. The summed E-state index contributed by atoms with van der Waals surface area (Å²) in [4.78, 5) is 16.4. The molecule has 3 rings (SSSR count). The van der Waals surface area contributed by atoms with Gasteiger partial charge in [-0.1, -0.05) is 17.4 Å². The van der Waals surface area contributed by atoms with Gasteiger partial charge in [-0.05, 0) is 24.6 Å². The highest BCUT2D eigenvalue weighted by Gasteiger charge is 2.11. The van der Waals surface area contributed by atoms with E-state index in [-0.39, 0.29) is 5.91 Å². The minimum Gasteiger partial charge on any atom is -0.298 e. The molecule has 0 radical (unpaired) electrons. The monoisotopic (exact) mass is 272 g/mol. The number of carbonyl (C=O) groups excluding carboxylic acids is 1.